The smallest absolute Gasteiger partial charge is 0.245 e. The van der Waals surface area contributed by atoms with Crippen molar-refractivity contribution in [2.75, 3.05) is 0 Å². The van der Waals surface area contributed by atoms with Gasteiger partial charge in [-0.15, -0.1) is 0 Å². The Bertz CT molecular complexity index is 737. The minimum absolute atomic E-state index is 0.245. The molecule has 0 saturated heterocycles. The van der Waals surface area contributed by atoms with E-state index in [4.69, 9.17) is 11.6 Å². The molecule has 0 atom stereocenters. The molecule has 2 heterocycles. The average molecular weight is 264 g/mol. The molecule has 92 valence electrons. The highest BCUT2D eigenvalue weighted by atomic mass is 35.5. The van der Waals surface area contributed by atoms with E-state index in [-0.39, 0.29) is 17.9 Å². The van der Waals surface area contributed by atoms with Crippen LogP contribution in [0.3, 0.4) is 0 Å². The zero-order valence-corrected chi connectivity index (χ0v) is 10.2. The van der Waals surface area contributed by atoms with Crippen molar-refractivity contribution < 1.29 is 0 Å². The first-order valence-corrected chi connectivity index (χ1v) is 5.89. The van der Waals surface area contributed by atoms with Crippen molar-refractivity contribution in [3.05, 3.63) is 62.4 Å². The fraction of sp³-hybridized carbons (Fsp3) is 0.167. The van der Waals surface area contributed by atoms with Crippen molar-refractivity contribution in [3.8, 4) is 5.69 Å². The van der Waals surface area contributed by atoms with Gasteiger partial charge in [-0.1, -0.05) is 29.8 Å². The number of benzene rings is 1. The molecule has 3 rings (SSSR count). The molecule has 1 aromatic heterocycles. The van der Waals surface area contributed by atoms with E-state index in [1.54, 1.807) is 30.3 Å². The summed E-state index contributed by atoms with van der Waals surface area (Å²) >= 11 is 5.90. The highest BCUT2D eigenvalue weighted by molar-refractivity contribution is 6.29. The molecule has 1 aromatic carbocycles. The SMILES string of the molecule is O=c1n(-c2ccccc2)c(=O)n2n1CC=C(Cl)C2. The van der Waals surface area contributed by atoms with Crippen LogP contribution >= 0.6 is 11.6 Å². The number of hydrogen-bond donors (Lipinski definition) is 0. The summed E-state index contributed by atoms with van der Waals surface area (Å²) < 4.78 is 3.90. The third-order valence-corrected chi connectivity index (χ3v) is 3.19. The lowest BCUT2D eigenvalue weighted by Gasteiger charge is -2.11. The Balaban J connectivity index is 2.26. The number of rotatable bonds is 1. The molecule has 0 radical (unpaired) electrons. The molecular weight excluding hydrogens is 254 g/mol. The van der Waals surface area contributed by atoms with Gasteiger partial charge >= 0.3 is 11.4 Å². The average Bonchev–Trinajstić information content (AvgIpc) is 2.63. The number of aromatic nitrogens is 3. The Labute approximate surface area is 107 Å². The Hall–Kier alpha value is -2.01. The van der Waals surface area contributed by atoms with Crippen LogP contribution in [0.15, 0.2) is 51.0 Å². The van der Waals surface area contributed by atoms with Crippen molar-refractivity contribution in [1.82, 2.24) is 13.9 Å². The second-order valence-electron chi connectivity index (χ2n) is 4.03. The van der Waals surface area contributed by atoms with Gasteiger partial charge in [0.15, 0.2) is 0 Å². The molecule has 0 spiro atoms. The predicted octanol–water partition coefficient (Wildman–Crippen LogP) is 0.937. The van der Waals surface area contributed by atoms with Crippen LogP contribution in [0.25, 0.3) is 5.69 Å². The molecule has 0 bridgehead atoms. The van der Waals surface area contributed by atoms with Crippen LogP contribution in [0, 0.1) is 0 Å². The molecule has 18 heavy (non-hydrogen) atoms. The van der Waals surface area contributed by atoms with Gasteiger partial charge in [-0.05, 0) is 18.2 Å². The Morgan fingerprint density at radius 1 is 1.00 bits per heavy atom. The van der Waals surface area contributed by atoms with Crippen molar-refractivity contribution in [2.45, 2.75) is 13.1 Å². The largest absolute Gasteiger partial charge is 0.352 e. The molecule has 0 unspecified atom stereocenters. The van der Waals surface area contributed by atoms with E-state index in [9.17, 15) is 9.59 Å². The standard InChI is InChI=1S/C12H10ClN3O2/c13-9-6-7-14-11(17)16(12(18)15(14)8-9)10-4-2-1-3-5-10/h1-6H,7-8H2. The second-order valence-corrected chi connectivity index (χ2v) is 4.51. The zero-order valence-electron chi connectivity index (χ0n) is 9.41. The third-order valence-electron chi connectivity index (χ3n) is 2.92. The van der Waals surface area contributed by atoms with E-state index >= 15 is 0 Å². The van der Waals surface area contributed by atoms with Gasteiger partial charge in [0.05, 0.1) is 18.8 Å². The normalized spacial score (nSPS) is 14.2. The van der Waals surface area contributed by atoms with Gasteiger partial charge in [0.2, 0.25) is 0 Å². The number of nitrogens with zero attached hydrogens (tertiary/aromatic N) is 3. The molecule has 0 amide bonds. The van der Waals surface area contributed by atoms with Gasteiger partial charge < -0.3 is 0 Å². The van der Waals surface area contributed by atoms with E-state index in [0.717, 1.165) is 4.57 Å². The summed E-state index contributed by atoms with van der Waals surface area (Å²) in [5.74, 6) is 0. The Morgan fingerprint density at radius 2 is 1.67 bits per heavy atom. The van der Waals surface area contributed by atoms with Crippen LogP contribution in [0.4, 0.5) is 0 Å². The summed E-state index contributed by atoms with van der Waals surface area (Å²) in [6.45, 7) is 0.572. The number of hydrogen-bond acceptors (Lipinski definition) is 2. The lowest BCUT2D eigenvalue weighted by Crippen LogP contribution is -2.29. The molecule has 6 heteroatoms. The monoisotopic (exact) mass is 263 g/mol. The number of halogens is 1. The minimum atomic E-state index is -0.363. The number of fused-ring (bicyclic) bond motifs is 1. The second kappa shape index (κ2) is 4.03. The first kappa shape index (κ1) is 11.1. The first-order chi connectivity index (χ1) is 8.68. The Morgan fingerprint density at radius 3 is 2.39 bits per heavy atom. The fourth-order valence-electron chi connectivity index (χ4n) is 2.04. The zero-order chi connectivity index (χ0) is 12.7. The summed E-state index contributed by atoms with van der Waals surface area (Å²) in [6, 6.07) is 8.86. The summed E-state index contributed by atoms with van der Waals surface area (Å²) in [5, 5.41) is 0.572. The molecule has 0 N–H and O–H groups in total. The molecule has 2 aromatic rings. The maximum atomic E-state index is 12.2. The van der Waals surface area contributed by atoms with Crippen LogP contribution in [-0.2, 0) is 13.1 Å². The third kappa shape index (κ3) is 1.55. The van der Waals surface area contributed by atoms with Crippen LogP contribution < -0.4 is 11.4 Å². The highest BCUT2D eigenvalue weighted by Crippen LogP contribution is 2.09. The van der Waals surface area contributed by atoms with Crippen LogP contribution in [0.5, 0.6) is 0 Å². The summed E-state index contributed by atoms with van der Waals surface area (Å²) in [4.78, 5) is 24.4. The Kier molecular flexibility index (Phi) is 2.48. The maximum Gasteiger partial charge on any atom is 0.352 e. The quantitative estimate of drug-likeness (QED) is 0.769. The van der Waals surface area contributed by atoms with Crippen LogP contribution in [0.1, 0.15) is 0 Å². The van der Waals surface area contributed by atoms with Gasteiger partial charge in [0.1, 0.15) is 0 Å². The molecule has 0 fully saturated rings. The summed E-state index contributed by atoms with van der Waals surface area (Å²) in [5.41, 5.74) is -0.137. The van der Waals surface area contributed by atoms with Crippen molar-refractivity contribution in [2.24, 2.45) is 0 Å². The molecule has 5 nitrogen and oxygen atoms in total. The van der Waals surface area contributed by atoms with E-state index < -0.39 is 0 Å². The highest BCUT2D eigenvalue weighted by Gasteiger charge is 2.19. The summed E-state index contributed by atoms with van der Waals surface area (Å²) in [6.07, 6.45) is 1.73. The maximum absolute atomic E-state index is 12.2. The molecule has 1 aliphatic rings. The minimum Gasteiger partial charge on any atom is -0.245 e. The van der Waals surface area contributed by atoms with Crippen molar-refractivity contribution >= 4 is 11.6 Å². The van der Waals surface area contributed by atoms with Crippen LogP contribution in [-0.4, -0.2) is 13.9 Å². The van der Waals surface area contributed by atoms with Gasteiger partial charge in [0.25, 0.3) is 0 Å². The van der Waals surface area contributed by atoms with Crippen molar-refractivity contribution in [3.63, 3.8) is 0 Å². The summed E-state index contributed by atoms with van der Waals surface area (Å²) in [7, 11) is 0. The molecular formula is C12H10ClN3O2. The molecule has 0 saturated carbocycles. The lowest BCUT2D eigenvalue weighted by molar-refractivity contribution is 0.477. The van der Waals surface area contributed by atoms with E-state index in [1.165, 1.54) is 9.36 Å². The fourth-order valence-corrected chi connectivity index (χ4v) is 2.22. The van der Waals surface area contributed by atoms with Gasteiger partial charge in [-0.2, -0.15) is 0 Å². The van der Waals surface area contributed by atoms with Gasteiger partial charge in [0, 0.05) is 5.03 Å². The number of allylic oxidation sites excluding steroid dienone is 2. The van der Waals surface area contributed by atoms with Gasteiger partial charge in [-0.25, -0.2) is 23.5 Å². The molecule has 0 aliphatic carbocycles. The van der Waals surface area contributed by atoms with E-state index in [0.29, 0.717) is 17.3 Å². The number of para-hydroxylation sites is 1. The predicted molar refractivity (Wildman–Crippen MR) is 68.2 cm³/mol. The lowest BCUT2D eigenvalue weighted by atomic mass is 10.3. The molecule has 1 aliphatic heterocycles. The van der Waals surface area contributed by atoms with Crippen molar-refractivity contribution in [1.29, 1.82) is 0 Å². The topological polar surface area (TPSA) is 48.9 Å². The van der Waals surface area contributed by atoms with E-state index in [2.05, 4.69) is 0 Å². The van der Waals surface area contributed by atoms with Crippen LogP contribution in [0.2, 0.25) is 0 Å². The van der Waals surface area contributed by atoms with E-state index in [1.807, 2.05) is 6.07 Å². The first-order valence-electron chi connectivity index (χ1n) is 5.51. The van der Waals surface area contributed by atoms with Gasteiger partial charge in [-0.3, -0.25) is 0 Å².